The summed E-state index contributed by atoms with van der Waals surface area (Å²) in [5.41, 5.74) is 7.27. The minimum atomic E-state index is 0.508. The van der Waals surface area contributed by atoms with Gasteiger partial charge >= 0.3 is 0 Å². The van der Waals surface area contributed by atoms with E-state index in [4.69, 9.17) is 0 Å². The lowest BCUT2D eigenvalue weighted by Crippen LogP contribution is -2.17. The van der Waals surface area contributed by atoms with Crippen molar-refractivity contribution in [2.45, 2.75) is 39.5 Å². The molecule has 0 saturated heterocycles. The van der Waals surface area contributed by atoms with Crippen LogP contribution in [0.4, 0.5) is 5.69 Å². The van der Waals surface area contributed by atoms with Gasteiger partial charge in [-0.2, -0.15) is 0 Å². The molecule has 2 aromatic rings. The molecule has 0 unspecified atom stereocenters. The summed E-state index contributed by atoms with van der Waals surface area (Å²) in [5.74, 6) is 1.02. The van der Waals surface area contributed by atoms with Crippen molar-refractivity contribution in [1.82, 2.24) is 4.68 Å². The fraction of sp³-hybridized carbons (Fsp3) is 0.375. The zero-order chi connectivity index (χ0) is 13.1. The molecule has 0 bridgehead atoms. The van der Waals surface area contributed by atoms with Crippen LogP contribution in [-0.2, 0) is 0 Å². The number of aromatic nitrogens is 1. The molecule has 0 atom stereocenters. The summed E-state index contributed by atoms with van der Waals surface area (Å²) >= 11 is 0. The van der Waals surface area contributed by atoms with Gasteiger partial charge in [0.1, 0.15) is 0 Å². The van der Waals surface area contributed by atoms with Crippen molar-refractivity contribution in [3.63, 3.8) is 0 Å². The molecule has 0 amide bonds. The molecular formula is C16H22N2. The van der Waals surface area contributed by atoms with Crippen molar-refractivity contribution < 1.29 is 0 Å². The molecular weight excluding hydrogens is 220 g/mol. The van der Waals surface area contributed by atoms with Crippen LogP contribution in [0.5, 0.6) is 0 Å². The SMILES string of the molecule is CC(C)c1ccc(C(C)C)n1Nc1ccccc1. The molecule has 0 aliphatic heterocycles. The summed E-state index contributed by atoms with van der Waals surface area (Å²) in [4.78, 5) is 0. The largest absolute Gasteiger partial charge is 0.294 e. The molecule has 96 valence electrons. The van der Waals surface area contributed by atoms with Gasteiger partial charge in [0.05, 0.1) is 5.69 Å². The number of para-hydroxylation sites is 1. The number of nitrogens with zero attached hydrogens (tertiary/aromatic N) is 1. The molecule has 1 aromatic heterocycles. The van der Waals surface area contributed by atoms with Crippen LogP contribution >= 0.6 is 0 Å². The summed E-state index contributed by atoms with van der Waals surface area (Å²) in [6.45, 7) is 8.90. The van der Waals surface area contributed by atoms with Crippen molar-refractivity contribution in [3.05, 3.63) is 53.9 Å². The predicted molar refractivity (Wildman–Crippen MR) is 78.1 cm³/mol. The molecule has 0 aliphatic carbocycles. The van der Waals surface area contributed by atoms with E-state index in [9.17, 15) is 0 Å². The summed E-state index contributed by atoms with van der Waals surface area (Å²) in [7, 11) is 0. The summed E-state index contributed by atoms with van der Waals surface area (Å²) in [6.07, 6.45) is 0. The smallest absolute Gasteiger partial charge is 0.0545 e. The molecule has 0 aliphatic rings. The third-order valence-corrected chi connectivity index (χ3v) is 3.14. The summed E-state index contributed by atoms with van der Waals surface area (Å²) < 4.78 is 2.23. The number of rotatable bonds is 4. The summed E-state index contributed by atoms with van der Waals surface area (Å²) in [5, 5.41) is 0. The molecule has 0 radical (unpaired) electrons. The monoisotopic (exact) mass is 242 g/mol. The average Bonchev–Trinajstić information content (AvgIpc) is 2.74. The molecule has 1 aromatic carbocycles. The highest BCUT2D eigenvalue weighted by molar-refractivity contribution is 5.44. The first-order valence-corrected chi connectivity index (χ1v) is 6.63. The number of benzene rings is 1. The number of hydrogen-bond donors (Lipinski definition) is 1. The van der Waals surface area contributed by atoms with Crippen molar-refractivity contribution >= 4 is 5.69 Å². The van der Waals surface area contributed by atoms with Crippen molar-refractivity contribution in [3.8, 4) is 0 Å². The van der Waals surface area contributed by atoms with Gasteiger partial charge in [-0.15, -0.1) is 0 Å². The third-order valence-electron chi connectivity index (χ3n) is 3.14. The Morgan fingerprint density at radius 3 is 1.72 bits per heavy atom. The molecule has 0 fully saturated rings. The molecule has 1 N–H and O–H groups in total. The van der Waals surface area contributed by atoms with Crippen LogP contribution in [-0.4, -0.2) is 4.68 Å². The van der Waals surface area contributed by atoms with Gasteiger partial charge in [-0.3, -0.25) is 10.1 Å². The van der Waals surface area contributed by atoms with E-state index in [0.29, 0.717) is 11.8 Å². The van der Waals surface area contributed by atoms with E-state index in [1.54, 1.807) is 0 Å². The first kappa shape index (κ1) is 12.7. The van der Waals surface area contributed by atoms with Gasteiger partial charge in [-0.05, 0) is 36.1 Å². The highest BCUT2D eigenvalue weighted by Gasteiger charge is 2.13. The van der Waals surface area contributed by atoms with E-state index in [1.807, 2.05) is 6.07 Å². The Balaban J connectivity index is 2.38. The van der Waals surface area contributed by atoms with E-state index >= 15 is 0 Å². The quantitative estimate of drug-likeness (QED) is 0.828. The van der Waals surface area contributed by atoms with Gasteiger partial charge in [-0.25, -0.2) is 0 Å². The number of anilines is 1. The maximum atomic E-state index is 3.50. The van der Waals surface area contributed by atoms with Crippen LogP contribution in [0.2, 0.25) is 0 Å². The van der Waals surface area contributed by atoms with Gasteiger partial charge < -0.3 is 0 Å². The number of nitrogens with one attached hydrogen (secondary N) is 1. The fourth-order valence-corrected chi connectivity index (χ4v) is 2.14. The molecule has 18 heavy (non-hydrogen) atoms. The first-order valence-electron chi connectivity index (χ1n) is 6.63. The Bertz CT molecular complexity index is 470. The van der Waals surface area contributed by atoms with Gasteiger partial charge in [0.2, 0.25) is 0 Å². The lowest BCUT2D eigenvalue weighted by molar-refractivity contribution is 0.696. The maximum Gasteiger partial charge on any atom is 0.0545 e. The molecule has 0 saturated carbocycles. The van der Waals surface area contributed by atoms with E-state index in [2.05, 4.69) is 74.2 Å². The molecule has 2 heteroatoms. The minimum Gasteiger partial charge on any atom is -0.294 e. The fourth-order valence-electron chi connectivity index (χ4n) is 2.14. The maximum absolute atomic E-state index is 3.50. The van der Waals surface area contributed by atoms with Gasteiger partial charge in [0, 0.05) is 11.4 Å². The second kappa shape index (κ2) is 5.30. The first-order chi connectivity index (χ1) is 8.59. The summed E-state index contributed by atoms with van der Waals surface area (Å²) in [6, 6.07) is 14.8. The van der Waals surface area contributed by atoms with Crippen LogP contribution in [0.15, 0.2) is 42.5 Å². The molecule has 0 spiro atoms. The highest BCUT2D eigenvalue weighted by atomic mass is 15.4. The minimum absolute atomic E-state index is 0.508. The van der Waals surface area contributed by atoms with E-state index in [1.165, 1.54) is 11.4 Å². The topological polar surface area (TPSA) is 17.0 Å². The standard InChI is InChI=1S/C16H22N2/c1-12(2)15-10-11-16(13(3)4)18(15)17-14-8-6-5-7-9-14/h5-13,17H,1-4H3. The van der Waals surface area contributed by atoms with Crippen molar-refractivity contribution in [2.24, 2.45) is 0 Å². The van der Waals surface area contributed by atoms with E-state index in [0.717, 1.165) is 5.69 Å². The van der Waals surface area contributed by atoms with Gasteiger partial charge in [0.15, 0.2) is 0 Å². The molecule has 2 nitrogen and oxygen atoms in total. The van der Waals surface area contributed by atoms with Gasteiger partial charge in [-0.1, -0.05) is 45.9 Å². The lowest BCUT2D eigenvalue weighted by Gasteiger charge is -2.19. The Hall–Kier alpha value is -1.70. The van der Waals surface area contributed by atoms with Crippen molar-refractivity contribution in [1.29, 1.82) is 0 Å². The Morgan fingerprint density at radius 2 is 1.28 bits per heavy atom. The zero-order valence-corrected chi connectivity index (χ0v) is 11.6. The van der Waals surface area contributed by atoms with Crippen LogP contribution < -0.4 is 5.43 Å². The number of hydrogen-bond acceptors (Lipinski definition) is 1. The molecule has 2 rings (SSSR count). The van der Waals surface area contributed by atoms with Crippen LogP contribution in [0.1, 0.15) is 50.9 Å². The van der Waals surface area contributed by atoms with Crippen LogP contribution in [0.3, 0.4) is 0 Å². The van der Waals surface area contributed by atoms with Gasteiger partial charge in [0.25, 0.3) is 0 Å². The van der Waals surface area contributed by atoms with E-state index in [-0.39, 0.29) is 0 Å². The Kier molecular flexibility index (Phi) is 3.75. The predicted octanol–water partition coefficient (Wildman–Crippen LogP) is 4.61. The Morgan fingerprint density at radius 1 is 0.778 bits per heavy atom. The average molecular weight is 242 g/mol. The Labute approximate surface area is 110 Å². The van der Waals surface area contributed by atoms with E-state index < -0.39 is 0 Å². The lowest BCUT2D eigenvalue weighted by atomic mass is 10.1. The van der Waals surface area contributed by atoms with Crippen molar-refractivity contribution in [2.75, 3.05) is 5.43 Å². The normalized spacial score (nSPS) is 11.2. The third kappa shape index (κ3) is 2.58. The van der Waals surface area contributed by atoms with Crippen LogP contribution in [0, 0.1) is 0 Å². The molecule has 1 heterocycles. The second-order valence-electron chi connectivity index (χ2n) is 5.31. The highest BCUT2D eigenvalue weighted by Crippen LogP contribution is 2.24. The second-order valence-corrected chi connectivity index (χ2v) is 5.31. The zero-order valence-electron chi connectivity index (χ0n) is 11.6. The van der Waals surface area contributed by atoms with Crippen LogP contribution in [0.25, 0.3) is 0 Å².